The van der Waals surface area contributed by atoms with Gasteiger partial charge in [0.25, 0.3) is 0 Å². The fourth-order valence-corrected chi connectivity index (χ4v) is 3.51. The first-order valence-corrected chi connectivity index (χ1v) is 6.09. The predicted molar refractivity (Wildman–Crippen MR) is 57.7 cm³/mol. The highest BCUT2D eigenvalue weighted by molar-refractivity contribution is 5.03. The Labute approximate surface area is 91.7 Å². The molecule has 0 radical (unpaired) electrons. The fraction of sp³-hybridized carbons (Fsp3) is 1.00. The molecule has 0 saturated carbocycles. The molecule has 0 spiro atoms. The molecular formula is C12H21NO2. The van der Waals surface area contributed by atoms with E-state index in [1.165, 1.54) is 19.4 Å². The lowest BCUT2D eigenvalue weighted by molar-refractivity contribution is -0.145. The highest BCUT2D eigenvalue weighted by Gasteiger charge is 2.52. The minimum atomic E-state index is -0.370. The second-order valence-electron chi connectivity index (χ2n) is 5.96. The van der Waals surface area contributed by atoms with Gasteiger partial charge in [-0.3, -0.25) is 4.90 Å². The van der Waals surface area contributed by atoms with Gasteiger partial charge in [-0.05, 0) is 46.6 Å². The van der Waals surface area contributed by atoms with Crippen molar-refractivity contribution in [3.8, 4) is 0 Å². The number of fused-ring (bicyclic) bond motifs is 2. The van der Waals surface area contributed by atoms with Crippen LogP contribution >= 0.6 is 0 Å². The summed E-state index contributed by atoms with van der Waals surface area (Å²) in [5, 5.41) is 0. The highest BCUT2D eigenvalue weighted by atomic mass is 16.8. The Bertz CT molecular complexity index is 279. The zero-order valence-corrected chi connectivity index (χ0v) is 9.95. The third kappa shape index (κ3) is 1.52. The van der Waals surface area contributed by atoms with Gasteiger partial charge >= 0.3 is 0 Å². The molecule has 3 aliphatic heterocycles. The number of hydrogen-bond donors (Lipinski definition) is 0. The fourth-order valence-electron chi connectivity index (χ4n) is 3.51. The smallest absolute Gasteiger partial charge is 0.163 e. The minimum Gasteiger partial charge on any atom is -0.344 e. The van der Waals surface area contributed by atoms with Crippen LogP contribution in [-0.2, 0) is 9.47 Å². The van der Waals surface area contributed by atoms with E-state index < -0.39 is 0 Å². The SMILES string of the molecule is CC1(C)O[C@H]2C[C@]3(C)CCCN3C[C@H]2O1. The molecule has 3 saturated heterocycles. The molecule has 3 aliphatic rings. The van der Waals surface area contributed by atoms with Crippen molar-refractivity contribution in [1.82, 2.24) is 4.90 Å². The van der Waals surface area contributed by atoms with Gasteiger partial charge in [0, 0.05) is 12.1 Å². The van der Waals surface area contributed by atoms with Gasteiger partial charge in [-0.2, -0.15) is 0 Å². The molecule has 3 rings (SSSR count). The molecule has 0 amide bonds. The molecule has 3 heterocycles. The van der Waals surface area contributed by atoms with Gasteiger partial charge < -0.3 is 9.47 Å². The van der Waals surface area contributed by atoms with E-state index in [1.807, 2.05) is 13.8 Å². The van der Waals surface area contributed by atoms with Gasteiger partial charge in [-0.15, -0.1) is 0 Å². The van der Waals surface area contributed by atoms with Crippen LogP contribution < -0.4 is 0 Å². The molecule has 3 fully saturated rings. The van der Waals surface area contributed by atoms with E-state index in [0.717, 1.165) is 13.0 Å². The van der Waals surface area contributed by atoms with Crippen LogP contribution in [0.5, 0.6) is 0 Å². The topological polar surface area (TPSA) is 21.7 Å². The number of hydrogen-bond acceptors (Lipinski definition) is 3. The molecule has 0 N–H and O–H groups in total. The van der Waals surface area contributed by atoms with E-state index >= 15 is 0 Å². The quantitative estimate of drug-likeness (QED) is 0.609. The van der Waals surface area contributed by atoms with E-state index in [0.29, 0.717) is 17.7 Å². The van der Waals surface area contributed by atoms with Crippen molar-refractivity contribution in [3.05, 3.63) is 0 Å². The lowest BCUT2D eigenvalue weighted by Gasteiger charge is -2.43. The lowest BCUT2D eigenvalue weighted by atomic mass is 9.86. The van der Waals surface area contributed by atoms with Crippen LogP contribution in [0.25, 0.3) is 0 Å². The first-order chi connectivity index (χ1) is 6.99. The Morgan fingerprint density at radius 2 is 1.87 bits per heavy atom. The molecule has 0 unspecified atom stereocenters. The average Bonchev–Trinajstić information content (AvgIpc) is 2.56. The van der Waals surface area contributed by atoms with E-state index in [4.69, 9.17) is 9.47 Å². The summed E-state index contributed by atoms with van der Waals surface area (Å²) in [6.07, 6.45) is 4.41. The van der Waals surface area contributed by atoms with Crippen LogP contribution in [0.4, 0.5) is 0 Å². The maximum Gasteiger partial charge on any atom is 0.163 e. The molecule has 15 heavy (non-hydrogen) atoms. The summed E-state index contributed by atoms with van der Waals surface area (Å²) in [5.74, 6) is -0.370. The lowest BCUT2D eigenvalue weighted by Crippen LogP contribution is -2.54. The van der Waals surface area contributed by atoms with E-state index in [2.05, 4.69) is 11.8 Å². The van der Waals surface area contributed by atoms with Crippen molar-refractivity contribution < 1.29 is 9.47 Å². The minimum absolute atomic E-state index is 0.297. The summed E-state index contributed by atoms with van der Waals surface area (Å²) in [4.78, 5) is 2.60. The van der Waals surface area contributed by atoms with Crippen molar-refractivity contribution in [3.63, 3.8) is 0 Å². The second kappa shape index (κ2) is 2.96. The van der Waals surface area contributed by atoms with Crippen LogP contribution in [0, 0.1) is 0 Å². The summed E-state index contributed by atoms with van der Waals surface area (Å²) in [6.45, 7) is 8.73. The van der Waals surface area contributed by atoms with Crippen LogP contribution in [0.15, 0.2) is 0 Å². The molecule has 0 bridgehead atoms. The zero-order chi connectivity index (χ0) is 10.7. The van der Waals surface area contributed by atoms with E-state index in [-0.39, 0.29) is 5.79 Å². The second-order valence-corrected chi connectivity index (χ2v) is 5.96. The largest absolute Gasteiger partial charge is 0.344 e. The Morgan fingerprint density at radius 3 is 2.67 bits per heavy atom. The van der Waals surface area contributed by atoms with Crippen molar-refractivity contribution in [2.75, 3.05) is 13.1 Å². The Balaban J connectivity index is 1.80. The molecule has 0 aromatic heterocycles. The summed E-state index contributed by atoms with van der Waals surface area (Å²) in [6, 6.07) is 0. The molecule has 0 aliphatic carbocycles. The summed E-state index contributed by atoms with van der Waals surface area (Å²) < 4.78 is 11.9. The van der Waals surface area contributed by atoms with Crippen molar-refractivity contribution in [1.29, 1.82) is 0 Å². The van der Waals surface area contributed by atoms with Gasteiger partial charge in [-0.25, -0.2) is 0 Å². The molecule has 86 valence electrons. The molecule has 3 heteroatoms. The number of nitrogens with zero attached hydrogens (tertiary/aromatic N) is 1. The van der Waals surface area contributed by atoms with Crippen LogP contribution in [0.1, 0.15) is 40.0 Å². The van der Waals surface area contributed by atoms with Crippen LogP contribution in [-0.4, -0.2) is 41.5 Å². The van der Waals surface area contributed by atoms with Crippen LogP contribution in [0.2, 0.25) is 0 Å². The Kier molecular flexibility index (Phi) is 1.99. The zero-order valence-electron chi connectivity index (χ0n) is 9.95. The predicted octanol–water partition coefficient (Wildman–Crippen LogP) is 1.76. The Morgan fingerprint density at radius 1 is 1.13 bits per heavy atom. The molecule has 3 nitrogen and oxygen atoms in total. The van der Waals surface area contributed by atoms with Gasteiger partial charge in [0.05, 0.1) is 12.2 Å². The third-order valence-corrected chi connectivity index (χ3v) is 4.23. The normalized spacial score (nSPS) is 49.0. The first-order valence-electron chi connectivity index (χ1n) is 6.09. The number of ether oxygens (including phenoxy) is 2. The van der Waals surface area contributed by atoms with E-state index in [9.17, 15) is 0 Å². The molecule has 3 atom stereocenters. The third-order valence-electron chi connectivity index (χ3n) is 4.23. The Hall–Kier alpha value is -0.120. The van der Waals surface area contributed by atoms with Gasteiger partial charge in [0.2, 0.25) is 0 Å². The number of piperidine rings is 1. The summed E-state index contributed by atoms with van der Waals surface area (Å²) in [5.41, 5.74) is 0.380. The van der Waals surface area contributed by atoms with Crippen molar-refractivity contribution in [2.45, 2.75) is 63.6 Å². The summed E-state index contributed by atoms with van der Waals surface area (Å²) >= 11 is 0. The molecular weight excluding hydrogens is 190 g/mol. The van der Waals surface area contributed by atoms with Crippen molar-refractivity contribution >= 4 is 0 Å². The number of rotatable bonds is 0. The van der Waals surface area contributed by atoms with Crippen molar-refractivity contribution in [2.24, 2.45) is 0 Å². The maximum absolute atomic E-state index is 5.98. The van der Waals surface area contributed by atoms with Gasteiger partial charge in [0.1, 0.15) is 0 Å². The van der Waals surface area contributed by atoms with Crippen LogP contribution in [0.3, 0.4) is 0 Å². The van der Waals surface area contributed by atoms with Gasteiger partial charge in [0.15, 0.2) is 5.79 Å². The summed E-state index contributed by atoms with van der Waals surface area (Å²) in [7, 11) is 0. The first kappa shape index (κ1) is 10.1. The average molecular weight is 211 g/mol. The monoisotopic (exact) mass is 211 g/mol. The molecule has 0 aromatic rings. The molecule has 0 aromatic carbocycles. The maximum atomic E-state index is 5.98. The van der Waals surface area contributed by atoms with E-state index in [1.54, 1.807) is 0 Å². The standard InChI is InChI=1S/C12H21NO2/c1-11(2)14-9-7-12(3)5-4-6-13(12)8-10(9)15-11/h9-10H,4-8H2,1-3H3/t9-,10+,12-/m0/s1. The highest BCUT2D eigenvalue weighted by Crippen LogP contribution is 2.43. The van der Waals surface area contributed by atoms with Gasteiger partial charge in [-0.1, -0.05) is 0 Å².